The highest BCUT2D eigenvalue weighted by Gasteiger charge is 2.05. The number of benzene rings is 1. The minimum absolute atomic E-state index is 0.366. The van der Waals surface area contributed by atoms with Crippen LogP contribution in [-0.2, 0) is 0 Å². The highest BCUT2D eigenvalue weighted by Crippen LogP contribution is 2.20. The van der Waals surface area contributed by atoms with Gasteiger partial charge in [-0.3, -0.25) is 0 Å². The van der Waals surface area contributed by atoms with Crippen molar-refractivity contribution < 1.29 is 8.78 Å². The average molecular weight is 250 g/mol. The molecule has 0 aliphatic rings. The zero-order valence-corrected chi connectivity index (χ0v) is 9.53. The molecule has 1 heterocycles. The fraction of sp³-hybridized carbons (Fsp3) is 0.167. The van der Waals surface area contributed by atoms with Crippen molar-refractivity contribution in [2.24, 2.45) is 5.73 Å². The lowest BCUT2D eigenvalue weighted by atomic mass is 10.1. The van der Waals surface area contributed by atoms with Gasteiger partial charge in [0.2, 0.25) is 5.95 Å². The molecule has 6 heteroatoms. The Balaban J connectivity index is 2.32. The average Bonchev–Trinajstić information content (AvgIpc) is 2.35. The van der Waals surface area contributed by atoms with Crippen LogP contribution in [0.2, 0.25) is 0 Å². The first kappa shape index (κ1) is 12.4. The lowest BCUT2D eigenvalue weighted by molar-refractivity contribution is 0.584. The molecule has 0 atom stereocenters. The maximum atomic E-state index is 13.1. The third-order valence-electron chi connectivity index (χ3n) is 2.24. The number of halogens is 2. The predicted octanol–water partition coefficient (Wildman–Crippen LogP) is 1.79. The summed E-state index contributed by atoms with van der Waals surface area (Å²) in [4.78, 5) is 8.13. The summed E-state index contributed by atoms with van der Waals surface area (Å²) in [6.07, 6.45) is 1.52. The molecule has 0 saturated carbocycles. The summed E-state index contributed by atoms with van der Waals surface area (Å²) in [5, 5.41) is 2.90. The fourth-order valence-corrected chi connectivity index (χ4v) is 1.49. The van der Waals surface area contributed by atoms with E-state index in [1.807, 2.05) is 0 Å². The number of aromatic nitrogens is 2. The molecule has 1 aromatic carbocycles. The fourth-order valence-electron chi connectivity index (χ4n) is 1.49. The molecule has 0 amide bonds. The van der Waals surface area contributed by atoms with Gasteiger partial charge in [0.1, 0.15) is 11.6 Å². The lowest BCUT2D eigenvalue weighted by Gasteiger charge is -2.05. The number of rotatable bonds is 4. The van der Waals surface area contributed by atoms with Crippen molar-refractivity contribution in [2.75, 3.05) is 18.4 Å². The molecule has 0 spiro atoms. The van der Waals surface area contributed by atoms with E-state index in [9.17, 15) is 8.78 Å². The quantitative estimate of drug-likeness (QED) is 0.868. The number of nitrogens with zero attached hydrogens (tertiary/aromatic N) is 2. The van der Waals surface area contributed by atoms with Gasteiger partial charge in [-0.1, -0.05) is 0 Å². The van der Waals surface area contributed by atoms with Crippen LogP contribution in [0.15, 0.2) is 30.5 Å². The van der Waals surface area contributed by atoms with E-state index in [1.54, 1.807) is 6.07 Å². The Morgan fingerprint density at radius 1 is 1.17 bits per heavy atom. The van der Waals surface area contributed by atoms with Gasteiger partial charge >= 0.3 is 0 Å². The van der Waals surface area contributed by atoms with E-state index >= 15 is 0 Å². The Bertz CT molecular complexity index is 525. The van der Waals surface area contributed by atoms with Crippen molar-refractivity contribution in [1.82, 2.24) is 9.97 Å². The highest BCUT2D eigenvalue weighted by molar-refractivity contribution is 5.60. The van der Waals surface area contributed by atoms with Crippen molar-refractivity contribution in [3.05, 3.63) is 42.1 Å². The molecule has 0 bridgehead atoms. The van der Waals surface area contributed by atoms with E-state index < -0.39 is 11.6 Å². The normalized spacial score (nSPS) is 10.4. The monoisotopic (exact) mass is 250 g/mol. The van der Waals surface area contributed by atoms with Crippen LogP contribution >= 0.6 is 0 Å². The predicted molar refractivity (Wildman–Crippen MR) is 64.9 cm³/mol. The Hall–Kier alpha value is -2.08. The third-order valence-corrected chi connectivity index (χ3v) is 2.24. The number of hydrogen-bond donors (Lipinski definition) is 2. The van der Waals surface area contributed by atoms with Crippen LogP contribution in [0.3, 0.4) is 0 Å². The smallest absolute Gasteiger partial charge is 0.223 e. The molecule has 18 heavy (non-hydrogen) atoms. The molecule has 0 fully saturated rings. The van der Waals surface area contributed by atoms with Crippen molar-refractivity contribution in [3.63, 3.8) is 0 Å². The van der Waals surface area contributed by atoms with Gasteiger partial charge in [0.25, 0.3) is 0 Å². The van der Waals surface area contributed by atoms with Gasteiger partial charge in [-0.15, -0.1) is 0 Å². The Labute approximate surface area is 103 Å². The van der Waals surface area contributed by atoms with Crippen molar-refractivity contribution in [1.29, 1.82) is 0 Å². The van der Waals surface area contributed by atoms with Crippen LogP contribution in [0, 0.1) is 11.6 Å². The highest BCUT2D eigenvalue weighted by atomic mass is 19.1. The van der Waals surface area contributed by atoms with Gasteiger partial charge < -0.3 is 11.1 Å². The number of nitrogens with two attached hydrogens (primary N) is 1. The van der Waals surface area contributed by atoms with E-state index in [4.69, 9.17) is 5.73 Å². The van der Waals surface area contributed by atoms with Crippen LogP contribution in [-0.4, -0.2) is 23.1 Å². The largest absolute Gasteiger partial charge is 0.353 e. The minimum Gasteiger partial charge on any atom is -0.353 e. The van der Waals surface area contributed by atoms with Gasteiger partial charge in [0.05, 0.1) is 5.69 Å². The van der Waals surface area contributed by atoms with Crippen LogP contribution in [0.4, 0.5) is 14.7 Å². The molecule has 2 aromatic rings. The molecule has 0 unspecified atom stereocenters. The van der Waals surface area contributed by atoms with Crippen molar-refractivity contribution in [2.45, 2.75) is 0 Å². The molecule has 0 aliphatic carbocycles. The first-order valence-electron chi connectivity index (χ1n) is 5.42. The van der Waals surface area contributed by atoms with Crippen LogP contribution in [0.5, 0.6) is 0 Å². The van der Waals surface area contributed by atoms with E-state index in [-0.39, 0.29) is 0 Å². The topological polar surface area (TPSA) is 63.8 Å². The van der Waals surface area contributed by atoms with Crippen LogP contribution in [0.1, 0.15) is 0 Å². The summed E-state index contributed by atoms with van der Waals surface area (Å²) in [7, 11) is 0. The Kier molecular flexibility index (Phi) is 3.78. The molecular weight excluding hydrogens is 238 g/mol. The van der Waals surface area contributed by atoms with Gasteiger partial charge in [-0.2, -0.15) is 0 Å². The van der Waals surface area contributed by atoms with Crippen molar-refractivity contribution in [3.8, 4) is 11.3 Å². The molecule has 0 saturated heterocycles. The number of anilines is 1. The van der Waals surface area contributed by atoms with E-state index in [1.165, 1.54) is 18.3 Å². The summed E-state index contributed by atoms with van der Waals surface area (Å²) in [5.41, 5.74) is 6.16. The van der Waals surface area contributed by atoms with Crippen LogP contribution < -0.4 is 11.1 Å². The van der Waals surface area contributed by atoms with Crippen LogP contribution in [0.25, 0.3) is 11.3 Å². The zero-order chi connectivity index (χ0) is 13.0. The summed E-state index contributed by atoms with van der Waals surface area (Å²) in [5.74, 6) is -0.900. The van der Waals surface area contributed by atoms with Crippen molar-refractivity contribution >= 4 is 5.95 Å². The standard InChI is InChI=1S/C12H12F2N4/c13-9-5-8(6-10(14)7-9)11-1-3-16-12(18-11)17-4-2-15/h1,3,5-7H,2,4,15H2,(H,16,17,18). The van der Waals surface area contributed by atoms with Gasteiger partial charge in [0.15, 0.2) is 0 Å². The SMILES string of the molecule is NCCNc1nccc(-c2cc(F)cc(F)c2)n1. The molecule has 3 N–H and O–H groups in total. The second-order valence-corrected chi connectivity index (χ2v) is 3.64. The minimum atomic E-state index is -0.639. The Morgan fingerprint density at radius 3 is 2.56 bits per heavy atom. The summed E-state index contributed by atoms with van der Waals surface area (Å²) >= 11 is 0. The maximum absolute atomic E-state index is 13.1. The first-order valence-corrected chi connectivity index (χ1v) is 5.42. The lowest BCUT2D eigenvalue weighted by Crippen LogP contribution is -2.14. The molecule has 4 nitrogen and oxygen atoms in total. The molecule has 0 aliphatic heterocycles. The first-order chi connectivity index (χ1) is 8.69. The number of nitrogens with one attached hydrogen (secondary N) is 1. The molecule has 94 valence electrons. The summed E-state index contributed by atoms with van der Waals surface area (Å²) < 4.78 is 26.2. The molecular formula is C12H12F2N4. The summed E-state index contributed by atoms with van der Waals surface area (Å²) in [6, 6.07) is 4.84. The van der Waals surface area contributed by atoms with E-state index in [2.05, 4.69) is 15.3 Å². The zero-order valence-electron chi connectivity index (χ0n) is 9.53. The van der Waals surface area contributed by atoms with E-state index in [0.717, 1.165) is 6.07 Å². The van der Waals surface area contributed by atoms with E-state index in [0.29, 0.717) is 30.3 Å². The third kappa shape index (κ3) is 2.98. The van der Waals surface area contributed by atoms with Gasteiger partial charge in [-0.25, -0.2) is 18.7 Å². The second kappa shape index (κ2) is 5.50. The molecule has 2 rings (SSSR count). The second-order valence-electron chi connectivity index (χ2n) is 3.64. The van der Waals surface area contributed by atoms with Gasteiger partial charge in [-0.05, 0) is 18.2 Å². The molecule has 0 radical (unpaired) electrons. The van der Waals surface area contributed by atoms with Gasteiger partial charge in [0, 0.05) is 30.9 Å². The summed E-state index contributed by atoms with van der Waals surface area (Å²) in [6.45, 7) is 0.975. The maximum Gasteiger partial charge on any atom is 0.223 e. The Morgan fingerprint density at radius 2 is 1.89 bits per heavy atom. The molecule has 1 aromatic heterocycles. The number of hydrogen-bond acceptors (Lipinski definition) is 4.